The van der Waals surface area contributed by atoms with Crippen molar-refractivity contribution < 1.29 is 4.74 Å². The molecule has 2 N–H and O–H groups in total. The number of benzene rings is 2. The zero-order valence-corrected chi connectivity index (χ0v) is 16.3. The summed E-state index contributed by atoms with van der Waals surface area (Å²) >= 11 is 6.03. The minimum Gasteiger partial charge on any atom is -0.494 e. The predicted molar refractivity (Wildman–Crippen MR) is 111 cm³/mol. The van der Waals surface area contributed by atoms with Crippen LogP contribution in [0.4, 0.5) is 17.5 Å². The van der Waals surface area contributed by atoms with Crippen molar-refractivity contribution in [2.24, 2.45) is 0 Å². The van der Waals surface area contributed by atoms with E-state index < -0.39 is 0 Å². The number of anilines is 3. The first kappa shape index (κ1) is 19.0. The Morgan fingerprint density at radius 1 is 1.04 bits per heavy atom. The number of nitrogens with one attached hydrogen (secondary N) is 2. The van der Waals surface area contributed by atoms with Gasteiger partial charge in [-0.3, -0.25) is 0 Å². The number of halogens is 1. The second kappa shape index (κ2) is 9.24. The molecule has 0 radical (unpaired) electrons. The zero-order valence-electron chi connectivity index (χ0n) is 15.5. The topological polar surface area (TPSA) is 59.1 Å². The summed E-state index contributed by atoms with van der Waals surface area (Å²) in [6, 6.07) is 17.6. The Hall–Kier alpha value is -2.79. The van der Waals surface area contributed by atoms with Gasteiger partial charge in [-0.25, -0.2) is 4.98 Å². The number of aromatic nitrogens is 2. The Bertz CT molecular complexity index is 884. The summed E-state index contributed by atoms with van der Waals surface area (Å²) in [4.78, 5) is 9.00. The zero-order chi connectivity index (χ0) is 19.1. The predicted octanol–water partition coefficient (Wildman–Crippen LogP) is 5.24. The minimum atomic E-state index is 0.560. The third-order valence-electron chi connectivity index (χ3n) is 3.88. The van der Waals surface area contributed by atoms with E-state index in [1.54, 1.807) is 0 Å². The highest BCUT2D eigenvalue weighted by Crippen LogP contribution is 2.19. The van der Waals surface area contributed by atoms with Gasteiger partial charge in [-0.05, 0) is 62.2 Å². The summed E-state index contributed by atoms with van der Waals surface area (Å²) < 4.78 is 5.46. The Kier molecular flexibility index (Phi) is 6.49. The van der Waals surface area contributed by atoms with E-state index in [1.165, 1.54) is 5.56 Å². The summed E-state index contributed by atoms with van der Waals surface area (Å²) in [7, 11) is 0. The van der Waals surface area contributed by atoms with Crippen molar-refractivity contribution in [3.63, 3.8) is 0 Å². The van der Waals surface area contributed by atoms with Crippen LogP contribution in [-0.4, -0.2) is 23.1 Å². The summed E-state index contributed by atoms with van der Waals surface area (Å²) in [5.74, 6) is 2.19. The molecule has 140 valence electrons. The first-order valence-electron chi connectivity index (χ1n) is 8.96. The Morgan fingerprint density at radius 3 is 2.59 bits per heavy atom. The number of aryl methyl sites for hydroxylation is 1. The Labute approximate surface area is 164 Å². The SMILES string of the molecule is CCOc1ccc(Nc2nc(C)cc(NCCc3cccc(Cl)c3)n2)cc1. The lowest BCUT2D eigenvalue weighted by molar-refractivity contribution is 0.340. The first-order valence-corrected chi connectivity index (χ1v) is 9.34. The van der Waals surface area contributed by atoms with Crippen LogP contribution in [0.3, 0.4) is 0 Å². The third kappa shape index (κ3) is 5.86. The van der Waals surface area contributed by atoms with Crippen LogP contribution in [0.5, 0.6) is 5.75 Å². The number of hydrogen-bond acceptors (Lipinski definition) is 5. The van der Waals surface area contributed by atoms with Gasteiger partial charge in [0.2, 0.25) is 5.95 Å². The van der Waals surface area contributed by atoms with E-state index >= 15 is 0 Å². The van der Waals surface area contributed by atoms with Gasteiger partial charge in [0.1, 0.15) is 11.6 Å². The molecule has 27 heavy (non-hydrogen) atoms. The van der Waals surface area contributed by atoms with Gasteiger partial charge in [-0.15, -0.1) is 0 Å². The van der Waals surface area contributed by atoms with E-state index in [9.17, 15) is 0 Å². The molecule has 0 saturated carbocycles. The maximum Gasteiger partial charge on any atom is 0.229 e. The Balaban J connectivity index is 1.61. The number of rotatable bonds is 8. The molecule has 1 aromatic heterocycles. The molecule has 0 spiro atoms. The van der Waals surface area contributed by atoms with E-state index in [0.29, 0.717) is 12.6 Å². The summed E-state index contributed by atoms with van der Waals surface area (Å²) in [6.45, 7) is 5.33. The normalized spacial score (nSPS) is 10.5. The fourth-order valence-corrected chi connectivity index (χ4v) is 2.89. The highest BCUT2D eigenvalue weighted by molar-refractivity contribution is 6.30. The molecule has 3 aromatic rings. The second-order valence-electron chi connectivity index (χ2n) is 6.11. The van der Waals surface area contributed by atoms with Crippen molar-refractivity contribution >= 4 is 29.1 Å². The number of nitrogens with zero attached hydrogens (tertiary/aromatic N) is 2. The van der Waals surface area contributed by atoms with Gasteiger partial charge in [0.25, 0.3) is 0 Å². The lowest BCUT2D eigenvalue weighted by atomic mass is 10.1. The molecule has 0 aliphatic heterocycles. The average molecular weight is 383 g/mol. The molecule has 2 aromatic carbocycles. The molecule has 0 unspecified atom stereocenters. The number of hydrogen-bond donors (Lipinski definition) is 2. The first-order chi connectivity index (χ1) is 13.1. The lowest BCUT2D eigenvalue weighted by Crippen LogP contribution is -2.08. The fraction of sp³-hybridized carbons (Fsp3) is 0.238. The molecular weight excluding hydrogens is 360 g/mol. The molecule has 0 fully saturated rings. The summed E-state index contributed by atoms with van der Waals surface area (Å²) in [5.41, 5.74) is 2.99. The standard InChI is InChI=1S/C21H23ClN4O/c1-3-27-19-9-7-18(8-10-19)25-21-24-15(2)13-20(26-21)23-12-11-16-5-4-6-17(22)14-16/h4-10,13-14H,3,11-12H2,1-2H3,(H2,23,24,25,26). The molecule has 0 aliphatic carbocycles. The molecule has 3 rings (SSSR count). The summed E-state index contributed by atoms with van der Waals surface area (Å²) in [5, 5.41) is 7.34. The largest absolute Gasteiger partial charge is 0.494 e. The van der Waals surface area contributed by atoms with Crippen molar-refractivity contribution in [3.05, 3.63) is 70.9 Å². The monoisotopic (exact) mass is 382 g/mol. The van der Waals surface area contributed by atoms with Crippen LogP contribution in [0, 0.1) is 6.92 Å². The third-order valence-corrected chi connectivity index (χ3v) is 4.12. The quantitative estimate of drug-likeness (QED) is 0.558. The van der Waals surface area contributed by atoms with Crippen LogP contribution in [0.2, 0.25) is 5.02 Å². The molecule has 6 heteroatoms. The average Bonchev–Trinajstić information content (AvgIpc) is 2.63. The molecule has 5 nitrogen and oxygen atoms in total. The minimum absolute atomic E-state index is 0.560. The van der Waals surface area contributed by atoms with Crippen LogP contribution in [0.1, 0.15) is 18.2 Å². The van der Waals surface area contributed by atoms with Crippen LogP contribution < -0.4 is 15.4 Å². The second-order valence-corrected chi connectivity index (χ2v) is 6.54. The molecule has 0 aliphatic rings. The van der Waals surface area contributed by atoms with Crippen molar-refractivity contribution in [1.29, 1.82) is 0 Å². The van der Waals surface area contributed by atoms with Gasteiger partial charge in [0.05, 0.1) is 6.61 Å². The molecule has 0 saturated heterocycles. The van der Waals surface area contributed by atoms with Gasteiger partial charge in [0.15, 0.2) is 0 Å². The van der Waals surface area contributed by atoms with Gasteiger partial charge in [-0.1, -0.05) is 23.7 Å². The maximum atomic E-state index is 6.03. The molecule has 0 atom stereocenters. The fourth-order valence-electron chi connectivity index (χ4n) is 2.67. The van der Waals surface area contributed by atoms with E-state index in [2.05, 4.69) is 26.7 Å². The van der Waals surface area contributed by atoms with Gasteiger partial charge in [-0.2, -0.15) is 4.98 Å². The van der Waals surface area contributed by atoms with E-state index in [1.807, 2.05) is 62.4 Å². The Morgan fingerprint density at radius 2 is 1.85 bits per heavy atom. The molecule has 0 bridgehead atoms. The molecule has 1 heterocycles. The van der Waals surface area contributed by atoms with Crippen molar-refractivity contribution in [2.75, 3.05) is 23.8 Å². The molecular formula is C21H23ClN4O. The lowest BCUT2D eigenvalue weighted by Gasteiger charge is -2.11. The van der Waals surface area contributed by atoms with Crippen LogP contribution in [-0.2, 0) is 6.42 Å². The van der Waals surface area contributed by atoms with Crippen LogP contribution in [0.25, 0.3) is 0 Å². The highest BCUT2D eigenvalue weighted by atomic mass is 35.5. The van der Waals surface area contributed by atoms with Crippen LogP contribution in [0.15, 0.2) is 54.6 Å². The van der Waals surface area contributed by atoms with Crippen molar-refractivity contribution in [1.82, 2.24) is 9.97 Å². The smallest absolute Gasteiger partial charge is 0.229 e. The van der Waals surface area contributed by atoms with E-state index in [-0.39, 0.29) is 0 Å². The maximum absolute atomic E-state index is 6.03. The van der Waals surface area contributed by atoms with E-state index in [0.717, 1.165) is 40.9 Å². The van der Waals surface area contributed by atoms with Crippen molar-refractivity contribution in [3.8, 4) is 5.75 Å². The number of ether oxygens (including phenoxy) is 1. The van der Waals surface area contributed by atoms with E-state index in [4.69, 9.17) is 16.3 Å². The summed E-state index contributed by atoms with van der Waals surface area (Å²) in [6.07, 6.45) is 0.866. The molecule has 0 amide bonds. The van der Waals surface area contributed by atoms with Gasteiger partial charge in [0, 0.05) is 29.0 Å². The van der Waals surface area contributed by atoms with Gasteiger partial charge >= 0.3 is 0 Å². The van der Waals surface area contributed by atoms with Crippen molar-refractivity contribution in [2.45, 2.75) is 20.3 Å². The van der Waals surface area contributed by atoms with Crippen LogP contribution >= 0.6 is 11.6 Å². The highest BCUT2D eigenvalue weighted by Gasteiger charge is 2.04. The van der Waals surface area contributed by atoms with Gasteiger partial charge < -0.3 is 15.4 Å².